The first-order valence-corrected chi connectivity index (χ1v) is 11.6. The van der Waals surface area contributed by atoms with E-state index in [9.17, 15) is 4.79 Å². The van der Waals surface area contributed by atoms with Gasteiger partial charge < -0.3 is 15.1 Å². The van der Waals surface area contributed by atoms with Crippen molar-refractivity contribution in [3.63, 3.8) is 0 Å². The third-order valence-corrected chi connectivity index (χ3v) is 6.45. The Morgan fingerprint density at radius 1 is 1.15 bits per heavy atom. The number of aromatic amines is 1. The summed E-state index contributed by atoms with van der Waals surface area (Å²) in [6, 6.07) is 7.91. The van der Waals surface area contributed by atoms with E-state index in [0.29, 0.717) is 30.7 Å². The molecule has 1 atom stereocenters. The number of halogens is 4. The average molecular weight is 579 g/mol. The van der Waals surface area contributed by atoms with E-state index in [-0.39, 0.29) is 36.6 Å². The van der Waals surface area contributed by atoms with Crippen LogP contribution in [0.2, 0.25) is 5.02 Å². The zero-order valence-electron chi connectivity index (χ0n) is 18.4. The molecule has 2 N–H and O–H groups in total. The van der Waals surface area contributed by atoms with E-state index in [4.69, 9.17) is 11.6 Å². The number of H-pyrrole nitrogens is 1. The number of carbonyl (C=O) groups excluding carboxylic acids is 1. The molecular formula is C22H28BrCl3N6O. The van der Waals surface area contributed by atoms with Crippen molar-refractivity contribution in [2.24, 2.45) is 0 Å². The summed E-state index contributed by atoms with van der Waals surface area (Å²) in [6.07, 6.45) is 3.59. The summed E-state index contributed by atoms with van der Waals surface area (Å²) in [5, 5.41) is 12.1. The number of pyridine rings is 1. The number of piperazine rings is 1. The number of hydrogen-bond acceptors (Lipinski definition) is 5. The first kappa shape index (κ1) is 27.7. The number of amides is 1. The first-order valence-electron chi connectivity index (χ1n) is 10.4. The van der Waals surface area contributed by atoms with Gasteiger partial charge in [-0.2, -0.15) is 5.10 Å². The number of nitrogens with one attached hydrogen (secondary N) is 2. The zero-order chi connectivity index (χ0) is 22.0. The number of rotatable bonds is 6. The second-order valence-corrected chi connectivity index (χ2v) is 9.36. The summed E-state index contributed by atoms with van der Waals surface area (Å²) < 4.78 is 0.932. The zero-order valence-corrected chi connectivity index (χ0v) is 22.4. The molecule has 1 aliphatic heterocycles. The molecule has 0 spiro atoms. The molecule has 0 saturated carbocycles. The third kappa shape index (κ3) is 6.31. The molecule has 1 aliphatic rings. The molecule has 0 radical (unpaired) electrons. The molecule has 0 unspecified atom stereocenters. The van der Waals surface area contributed by atoms with E-state index in [2.05, 4.69) is 55.2 Å². The van der Waals surface area contributed by atoms with Crippen LogP contribution in [-0.4, -0.2) is 64.8 Å². The number of nitrogens with zero attached hydrogens (tertiary/aromatic N) is 4. The van der Waals surface area contributed by atoms with Gasteiger partial charge in [0, 0.05) is 50.0 Å². The molecule has 0 aliphatic carbocycles. The monoisotopic (exact) mass is 576 g/mol. The van der Waals surface area contributed by atoms with Crippen molar-refractivity contribution in [3.8, 4) is 0 Å². The summed E-state index contributed by atoms with van der Waals surface area (Å²) >= 11 is 9.69. The quantitative estimate of drug-likeness (QED) is 0.446. The highest BCUT2D eigenvalue weighted by Gasteiger charge is 2.30. The molecule has 1 fully saturated rings. The Kier molecular flexibility index (Phi) is 10.2. The standard InChI is InChI=1S/C22H26BrClN6O.2ClH/c1-14(2)25-11-17(15-3-5-16(24)6-4-15)22(31)30-9-7-29(8-10-30)20-18-12-27-28-21(18)26-13-19(20)23;;/h3-6,12-14,17,25H,7-11H2,1-2H3,(H,26,27,28);2*1H/t17-;;/m1../s1. The van der Waals surface area contributed by atoms with Crippen molar-refractivity contribution in [2.45, 2.75) is 25.8 Å². The van der Waals surface area contributed by atoms with E-state index in [1.54, 1.807) is 12.4 Å². The Labute approximate surface area is 219 Å². The number of fused-ring (bicyclic) bond motifs is 1. The normalized spacial score (nSPS) is 14.7. The summed E-state index contributed by atoms with van der Waals surface area (Å²) in [5.74, 6) is -0.0863. The molecule has 0 bridgehead atoms. The fourth-order valence-electron chi connectivity index (χ4n) is 3.95. The molecule has 7 nitrogen and oxygen atoms in total. The second kappa shape index (κ2) is 12.2. The number of aromatic nitrogens is 3. The fraction of sp³-hybridized carbons (Fsp3) is 0.409. The van der Waals surface area contributed by atoms with Gasteiger partial charge >= 0.3 is 0 Å². The van der Waals surface area contributed by atoms with E-state index >= 15 is 0 Å². The number of carbonyl (C=O) groups is 1. The van der Waals surface area contributed by atoms with Gasteiger partial charge in [0.15, 0.2) is 5.65 Å². The van der Waals surface area contributed by atoms with Gasteiger partial charge in [0.25, 0.3) is 0 Å². The average Bonchev–Trinajstić information content (AvgIpc) is 3.23. The van der Waals surface area contributed by atoms with Crippen molar-refractivity contribution >= 4 is 75.0 Å². The molecule has 3 heterocycles. The van der Waals surface area contributed by atoms with E-state index in [1.807, 2.05) is 29.2 Å². The summed E-state index contributed by atoms with van der Waals surface area (Å²) in [4.78, 5) is 22.1. The van der Waals surface area contributed by atoms with Crippen LogP contribution in [0, 0.1) is 0 Å². The van der Waals surface area contributed by atoms with Crippen molar-refractivity contribution in [1.82, 2.24) is 25.4 Å². The predicted molar refractivity (Wildman–Crippen MR) is 142 cm³/mol. The molecule has 1 aromatic carbocycles. The maximum Gasteiger partial charge on any atom is 0.231 e. The van der Waals surface area contributed by atoms with Crippen LogP contribution in [0.1, 0.15) is 25.3 Å². The fourth-order valence-corrected chi connectivity index (χ4v) is 4.64. The van der Waals surface area contributed by atoms with Gasteiger partial charge in [-0.3, -0.25) is 9.89 Å². The van der Waals surface area contributed by atoms with Crippen LogP contribution in [0.4, 0.5) is 5.69 Å². The van der Waals surface area contributed by atoms with Crippen LogP contribution in [0.15, 0.2) is 41.1 Å². The van der Waals surface area contributed by atoms with Crippen LogP contribution in [0.25, 0.3) is 11.0 Å². The Balaban J connectivity index is 0.00000193. The lowest BCUT2D eigenvalue weighted by molar-refractivity contribution is -0.133. The van der Waals surface area contributed by atoms with Gasteiger partial charge in [0.05, 0.1) is 27.7 Å². The second-order valence-electron chi connectivity index (χ2n) is 8.07. The maximum absolute atomic E-state index is 13.5. The minimum absolute atomic E-state index is 0. The molecular weight excluding hydrogens is 551 g/mol. The summed E-state index contributed by atoms with van der Waals surface area (Å²) in [7, 11) is 0. The van der Waals surface area contributed by atoms with Gasteiger partial charge in [-0.05, 0) is 33.6 Å². The Bertz CT molecular complexity index is 1050. The van der Waals surface area contributed by atoms with Gasteiger partial charge in [0.1, 0.15) is 0 Å². The largest absolute Gasteiger partial charge is 0.366 e. The molecule has 3 aromatic rings. The highest BCUT2D eigenvalue weighted by Crippen LogP contribution is 2.33. The van der Waals surface area contributed by atoms with Gasteiger partial charge in [-0.25, -0.2) is 4.98 Å². The third-order valence-electron chi connectivity index (χ3n) is 5.62. The van der Waals surface area contributed by atoms with E-state index in [1.165, 1.54) is 0 Å². The molecule has 33 heavy (non-hydrogen) atoms. The topological polar surface area (TPSA) is 77.2 Å². The van der Waals surface area contributed by atoms with Gasteiger partial charge in [-0.1, -0.05) is 37.6 Å². The Morgan fingerprint density at radius 2 is 1.82 bits per heavy atom. The van der Waals surface area contributed by atoms with Crippen LogP contribution >= 0.6 is 52.3 Å². The lowest BCUT2D eigenvalue weighted by Gasteiger charge is -2.38. The van der Waals surface area contributed by atoms with Gasteiger partial charge in [0.2, 0.25) is 5.91 Å². The summed E-state index contributed by atoms with van der Waals surface area (Å²) in [6.45, 7) is 7.61. The minimum atomic E-state index is -0.237. The Hall–Kier alpha value is -1.58. The van der Waals surface area contributed by atoms with Gasteiger partial charge in [-0.15, -0.1) is 24.8 Å². The first-order chi connectivity index (χ1) is 14.9. The lowest BCUT2D eigenvalue weighted by atomic mass is 9.96. The van der Waals surface area contributed by atoms with Crippen LogP contribution in [0.5, 0.6) is 0 Å². The predicted octanol–water partition coefficient (Wildman–Crippen LogP) is 4.65. The smallest absolute Gasteiger partial charge is 0.231 e. The van der Waals surface area contributed by atoms with Crippen molar-refractivity contribution < 1.29 is 4.79 Å². The van der Waals surface area contributed by atoms with Crippen molar-refractivity contribution in [1.29, 1.82) is 0 Å². The highest BCUT2D eigenvalue weighted by atomic mass is 79.9. The number of benzene rings is 1. The van der Waals surface area contributed by atoms with Crippen molar-refractivity contribution in [3.05, 3.63) is 51.7 Å². The molecule has 1 amide bonds. The molecule has 1 saturated heterocycles. The maximum atomic E-state index is 13.5. The Morgan fingerprint density at radius 3 is 2.45 bits per heavy atom. The van der Waals surface area contributed by atoms with E-state index in [0.717, 1.165) is 39.8 Å². The van der Waals surface area contributed by atoms with Crippen LogP contribution in [0.3, 0.4) is 0 Å². The number of hydrogen-bond donors (Lipinski definition) is 2. The van der Waals surface area contributed by atoms with Crippen LogP contribution in [-0.2, 0) is 4.79 Å². The SMILES string of the molecule is CC(C)NC[C@@H](C(=O)N1CCN(c2c(Br)cnc3[nH]ncc23)CC1)c1ccc(Cl)cc1.Cl.Cl. The van der Waals surface area contributed by atoms with E-state index < -0.39 is 0 Å². The molecule has 11 heteroatoms. The lowest BCUT2D eigenvalue weighted by Crippen LogP contribution is -2.51. The molecule has 4 rings (SSSR count). The number of anilines is 1. The van der Waals surface area contributed by atoms with Crippen molar-refractivity contribution in [2.75, 3.05) is 37.6 Å². The van der Waals surface area contributed by atoms with Crippen LogP contribution < -0.4 is 10.2 Å². The minimum Gasteiger partial charge on any atom is -0.366 e. The molecule has 180 valence electrons. The molecule has 2 aromatic heterocycles. The highest BCUT2D eigenvalue weighted by molar-refractivity contribution is 9.10. The summed E-state index contributed by atoms with van der Waals surface area (Å²) in [5.41, 5.74) is 2.82.